The molecule has 4 nitrogen and oxygen atoms in total. The highest BCUT2D eigenvalue weighted by Gasteiger charge is 2.13. The number of aromatic nitrogens is 3. The van der Waals surface area contributed by atoms with Crippen molar-refractivity contribution >= 4 is 17.4 Å². The van der Waals surface area contributed by atoms with Crippen LogP contribution in [0.5, 0.6) is 0 Å². The molecule has 15 heavy (non-hydrogen) atoms. The number of H-pyrrole nitrogens is 1. The van der Waals surface area contributed by atoms with E-state index in [0.29, 0.717) is 5.16 Å². The van der Waals surface area contributed by atoms with E-state index in [9.17, 15) is 8.78 Å². The number of halogens is 2. The topological polar surface area (TPSA) is 67.6 Å². The number of hydrogen-bond acceptors (Lipinski definition) is 4. The first-order valence-corrected chi connectivity index (χ1v) is 4.76. The van der Waals surface area contributed by atoms with Gasteiger partial charge in [0.2, 0.25) is 0 Å². The second kappa shape index (κ2) is 3.85. The highest BCUT2D eigenvalue weighted by Crippen LogP contribution is 2.30. The lowest BCUT2D eigenvalue weighted by molar-refractivity contribution is 0.541. The molecule has 1 heterocycles. The minimum Gasteiger partial charge on any atom is -0.399 e. The van der Waals surface area contributed by atoms with Crippen molar-refractivity contribution in [2.24, 2.45) is 0 Å². The lowest BCUT2D eigenvalue weighted by atomic mass is 10.3. The lowest BCUT2D eigenvalue weighted by Gasteiger charge is -2.03. The van der Waals surface area contributed by atoms with E-state index in [-0.39, 0.29) is 10.6 Å². The van der Waals surface area contributed by atoms with E-state index in [1.807, 2.05) is 0 Å². The van der Waals surface area contributed by atoms with E-state index >= 15 is 0 Å². The van der Waals surface area contributed by atoms with Gasteiger partial charge in [0.15, 0.2) is 5.16 Å². The molecule has 0 atom stereocenters. The molecule has 1 aromatic carbocycles. The summed E-state index contributed by atoms with van der Waals surface area (Å²) in [4.78, 5) is 3.60. The predicted octanol–water partition coefficient (Wildman–Crippen LogP) is 1.82. The number of nitrogens with two attached hydrogens (primary N) is 1. The van der Waals surface area contributed by atoms with Gasteiger partial charge in [0, 0.05) is 5.69 Å². The van der Waals surface area contributed by atoms with Gasteiger partial charge in [-0.2, -0.15) is 5.10 Å². The normalized spacial score (nSPS) is 10.5. The van der Waals surface area contributed by atoms with Crippen LogP contribution in [0.4, 0.5) is 14.5 Å². The van der Waals surface area contributed by atoms with Crippen molar-refractivity contribution in [1.29, 1.82) is 0 Å². The third-order valence-corrected chi connectivity index (χ3v) is 2.60. The van der Waals surface area contributed by atoms with Crippen molar-refractivity contribution in [1.82, 2.24) is 15.2 Å². The van der Waals surface area contributed by atoms with Gasteiger partial charge in [-0.25, -0.2) is 13.8 Å². The van der Waals surface area contributed by atoms with Gasteiger partial charge in [-0.05, 0) is 23.9 Å². The number of rotatable bonds is 2. The summed E-state index contributed by atoms with van der Waals surface area (Å²) in [6, 6.07) is 2.11. The Bertz CT molecular complexity index is 448. The molecule has 0 saturated heterocycles. The Hall–Kier alpha value is -1.63. The van der Waals surface area contributed by atoms with Crippen LogP contribution < -0.4 is 5.73 Å². The largest absolute Gasteiger partial charge is 0.399 e. The van der Waals surface area contributed by atoms with E-state index in [1.165, 1.54) is 6.33 Å². The Morgan fingerprint density at radius 1 is 1.27 bits per heavy atom. The van der Waals surface area contributed by atoms with E-state index in [2.05, 4.69) is 15.2 Å². The van der Waals surface area contributed by atoms with Crippen molar-refractivity contribution in [3.05, 3.63) is 30.1 Å². The SMILES string of the molecule is Nc1cc(F)c(Sc2ncn[nH]2)c(F)c1. The standard InChI is InChI=1S/C8H6F2N4S/c9-5-1-4(11)2-6(10)7(5)15-8-12-3-13-14-8/h1-3H,11H2,(H,12,13,14). The summed E-state index contributed by atoms with van der Waals surface area (Å²) in [6.45, 7) is 0. The maximum Gasteiger partial charge on any atom is 0.188 e. The van der Waals surface area contributed by atoms with Gasteiger partial charge >= 0.3 is 0 Å². The number of benzene rings is 1. The summed E-state index contributed by atoms with van der Waals surface area (Å²) < 4.78 is 26.6. The summed E-state index contributed by atoms with van der Waals surface area (Å²) in [5.41, 5.74) is 5.32. The molecule has 2 aromatic rings. The Morgan fingerprint density at radius 3 is 2.47 bits per heavy atom. The van der Waals surface area contributed by atoms with Crippen molar-refractivity contribution < 1.29 is 8.78 Å². The Morgan fingerprint density at radius 2 is 1.93 bits per heavy atom. The van der Waals surface area contributed by atoms with Crippen LogP contribution in [0, 0.1) is 11.6 Å². The van der Waals surface area contributed by atoms with Crippen molar-refractivity contribution in [3.8, 4) is 0 Å². The molecule has 0 aliphatic rings. The zero-order valence-corrected chi connectivity index (χ0v) is 8.18. The summed E-state index contributed by atoms with van der Waals surface area (Å²) in [5.74, 6) is -1.43. The van der Waals surface area contributed by atoms with Crippen LogP contribution in [0.3, 0.4) is 0 Å². The van der Waals surface area contributed by atoms with E-state index in [0.717, 1.165) is 23.9 Å². The third kappa shape index (κ3) is 2.07. The van der Waals surface area contributed by atoms with Crippen LogP contribution in [0.1, 0.15) is 0 Å². The first-order valence-electron chi connectivity index (χ1n) is 3.94. The maximum atomic E-state index is 13.3. The van der Waals surface area contributed by atoms with Gasteiger partial charge in [-0.3, -0.25) is 5.10 Å². The van der Waals surface area contributed by atoms with Gasteiger partial charge in [0.05, 0.1) is 4.90 Å². The number of hydrogen-bond donors (Lipinski definition) is 2. The lowest BCUT2D eigenvalue weighted by Crippen LogP contribution is -1.93. The summed E-state index contributed by atoms with van der Waals surface area (Å²) in [5, 5.41) is 6.38. The average molecular weight is 228 g/mol. The molecule has 0 fully saturated rings. The molecule has 0 radical (unpaired) electrons. The smallest absolute Gasteiger partial charge is 0.188 e. The van der Waals surface area contributed by atoms with Crippen molar-refractivity contribution in [3.63, 3.8) is 0 Å². The monoisotopic (exact) mass is 228 g/mol. The number of nitrogens with zero attached hydrogens (tertiary/aromatic N) is 2. The molecule has 2 rings (SSSR count). The molecule has 0 aliphatic carbocycles. The number of aromatic amines is 1. The molecular weight excluding hydrogens is 222 g/mol. The Labute approximate surface area is 87.9 Å². The highest BCUT2D eigenvalue weighted by atomic mass is 32.2. The molecule has 78 valence electrons. The molecule has 3 N–H and O–H groups in total. The first kappa shape index (κ1) is 9.91. The van der Waals surface area contributed by atoms with Gasteiger partial charge in [-0.15, -0.1) is 0 Å². The number of nitrogens with one attached hydrogen (secondary N) is 1. The van der Waals surface area contributed by atoms with Crippen LogP contribution in [-0.4, -0.2) is 15.2 Å². The summed E-state index contributed by atoms with van der Waals surface area (Å²) in [6.07, 6.45) is 1.26. The fourth-order valence-electron chi connectivity index (χ4n) is 1.02. The van der Waals surface area contributed by atoms with Crippen molar-refractivity contribution in [2.45, 2.75) is 10.1 Å². The maximum absolute atomic E-state index is 13.3. The molecule has 0 bridgehead atoms. The fourth-order valence-corrected chi connectivity index (χ4v) is 1.72. The zero-order chi connectivity index (χ0) is 10.8. The first-order chi connectivity index (χ1) is 7.16. The quantitative estimate of drug-likeness (QED) is 0.769. The highest BCUT2D eigenvalue weighted by molar-refractivity contribution is 7.99. The van der Waals surface area contributed by atoms with E-state index in [1.54, 1.807) is 0 Å². The van der Waals surface area contributed by atoms with Gasteiger partial charge in [0.25, 0.3) is 0 Å². The molecule has 0 amide bonds. The second-order valence-corrected chi connectivity index (χ2v) is 3.71. The minimum absolute atomic E-state index is 0.0481. The molecule has 7 heteroatoms. The van der Waals surface area contributed by atoms with Crippen LogP contribution in [-0.2, 0) is 0 Å². The van der Waals surface area contributed by atoms with Crippen LogP contribution in [0.15, 0.2) is 28.5 Å². The van der Waals surface area contributed by atoms with Crippen molar-refractivity contribution in [2.75, 3.05) is 5.73 Å². The fraction of sp³-hybridized carbons (Fsp3) is 0. The molecule has 0 spiro atoms. The predicted molar refractivity (Wildman–Crippen MR) is 51.3 cm³/mol. The number of anilines is 1. The van der Waals surface area contributed by atoms with E-state index < -0.39 is 11.6 Å². The summed E-state index contributed by atoms with van der Waals surface area (Å²) >= 11 is 0.821. The van der Waals surface area contributed by atoms with Gasteiger partial charge in [-0.1, -0.05) is 0 Å². The molecule has 0 aliphatic heterocycles. The van der Waals surface area contributed by atoms with Crippen LogP contribution in [0.2, 0.25) is 0 Å². The van der Waals surface area contributed by atoms with E-state index in [4.69, 9.17) is 5.73 Å². The Balaban J connectivity index is 2.36. The molecule has 0 unspecified atom stereocenters. The number of nitrogen functional groups attached to an aromatic ring is 1. The molecule has 1 aromatic heterocycles. The second-order valence-electron chi connectivity index (χ2n) is 2.71. The van der Waals surface area contributed by atoms with Gasteiger partial charge < -0.3 is 5.73 Å². The summed E-state index contributed by atoms with van der Waals surface area (Å²) in [7, 11) is 0. The van der Waals surface area contributed by atoms with Crippen LogP contribution >= 0.6 is 11.8 Å². The third-order valence-electron chi connectivity index (χ3n) is 1.61. The zero-order valence-electron chi connectivity index (χ0n) is 7.37. The average Bonchev–Trinajstić information content (AvgIpc) is 2.63. The molecule has 0 saturated carbocycles. The minimum atomic E-state index is -0.714. The molecular formula is C8H6F2N4S. The van der Waals surface area contributed by atoms with Gasteiger partial charge in [0.1, 0.15) is 18.0 Å². The Kier molecular flexibility index (Phi) is 2.55. The van der Waals surface area contributed by atoms with Crippen LogP contribution in [0.25, 0.3) is 0 Å².